The van der Waals surface area contributed by atoms with Crippen LogP contribution in [0, 0.1) is 6.92 Å². The van der Waals surface area contributed by atoms with E-state index in [1.165, 1.54) is 12.1 Å². The van der Waals surface area contributed by atoms with E-state index in [4.69, 9.17) is 5.11 Å². The lowest BCUT2D eigenvalue weighted by atomic mass is 10.1. The molecule has 0 radical (unpaired) electrons. The summed E-state index contributed by atoms with van der Waals surface area (Å²) in [7, 11) is 0. The van der Waals surface area contributed by atoms with Crippen LogP contribution in [-0.2, 0) is 0 Å². The van der Waals surface area contributed by atoms with Crippen molar-refractivity contribution in [1.82, 2.24) is 0 Å². The second-order valence-electron chi connectivity index (χ2n) is 4.09. The van der Waals surface area contributed by atoms with Crippen molar-refractivity contribution in [3.63, 3.8) is 0 Å². The first-order valence-electron chi connectivity index (χ1n) is 5.55. The third-order valence-corrected chi connectivity index (χ3v) is 3.73. The van der Waals surface area contributed by atoms with Crippen molar-refractivity contribution in [2.45, 2.75) is 6.92 Å². The van der Waals surface area contributed by atoms with Gasteiger partial charge in [-0.3, -0.25) is 4.79 Å². The van der Waals surface area contributed by atoms with E-state index in [2.05, 4.69) is 5.32 Å². The molecular formula is C13H11NO5S. The summed E-state index contributed by atoms with van der Waals surface area (Å²) >= 11 is 1.02. The van der Waals surface area contributed by atoms with Crippen LogP contribution in [0.3, 0.4) is 0 Å². The number of aryl methyl sites for hydroxylation is 1. The number of anilines is 1. The van der Waals surface area contributed by atoms with E-state index in [9.17, 15) is 19.8 Å². The number of aromatic carboxylic acids is 1. The molecule has 2 aromatic rings. The van der Waals surface area contributed by atoms with Gasteiger partial charge < -0.3 is 20.6 Å². The fourth-order valence-electron chi connectivity index (χ4n) is 1.61. The van der Waals surface area contributed by atoms with Gasteiger partial charge in [0, 0.05) is 5.56 Å². The number of phenols is 2. The lowest BCUT2D eigenvalue weighted by molar-refractivity contribution is 0.0703. The molecule has 0 aliphatic heterocycles. The first kappa shape index (κ1) is 13.9. The molecule has 1 amide bonds. The number of rotatable bonds is 3. The molecule has 0 bridgehead atoms. The first-order chi connectivity index (χ1) is 9.40. The molecule has 0 aliphatic rings. The highest BCUT2D eigenvalue weighted by Gasteiger charge is 2.18. The van der Waals surface area contributed by atoms with E-state index in [1.807, 2.05) is 0 Å². The van der Waals surface area contributed by atoms with Crippen LogP contribution in [0.4, 0.5) is 5.69 Å². The molecule has 6 nitrogen and oxygen atoms in total. The molecule has 20 heavy (non-hydrogen) atoms. The van der Waals surface area contributed by atoms with E-state index in [-0.39, 0.29) is 21.9 Å². The standard InChI is InChI=1S/C13H11NO5S/c1-6-5-20-11(13(18)19)10(6)14-12(17)7-2-3-8(15)9(16)4-7/h2-5,15-16H,1H3,(H,14,17)(H,18,19). The summed E-state index contributed by atoms with van der Waals surface area (Å²) in [6.07, 6.45) is 0. The number of hydrogen-bond donors (Lipinski definition) is 4. The molecule has 0 aliphatic carbocycles. The van der Waals surface area contributed by atoms with Crippen LogP contribution in [0.2, 0.25) is 0 Å². The Kier molecular flexibility index (Phi) is 3.62. The van der Waals surface area contributed by atoms with Gasteiger partial charge in [-0.15, -0.1) is 11.3 Å². The van der Waals surface area contributed by atoms with Crippen LogP contribution in [0.5, 0.6) is 11.5 Å². The molecule has 0 fully saturated rings. The number of carboxylic acids is 1. The summed E-state index contributed by atoms with van der Waals surface area (Å²) in [4.78, 5) is 23.1. The zero-order chi connectivity index (χ0) is 14.9. The predicted molar refractivity (Wildman–Crippen MR) is 73.7 cm³/mol. The molecule has 2 rings (SSSR count). The number of benzene rings is 1. The summed E-state index contributed by atoms with van der Waals surface area (Å²) < 4.78 is 0. The summed E-state index contributed by atoms with van der Waals surface area (Å²) in [5.41, 5.74) is 0.992. The van der Waals surface area contributed by atoms with Crippen molar-refractivity contribution in [2.24, 2.45) is 0 Å². The molecule has 0 saturated carbocycles. The van der Waals surface area contributed by atoms with Crippen molar-refractivity contribution in [3.05, 3.63) is 39.6 Å². The van der Waals surface area contributed by atoms with Gasteiger partial charge in [-0.2, -0.15) is 0 Å². The van der Waals surface area contributed by atoms with Crippen molar-refractivity contribution in [2.75, 3.05) is 5.32 Å². The summed E-state index contributed by atoms with van der Waals surface area (Å²) in [5, 5.41) is 31.7. The molecule has 7 heteroatoms. The monoisotopic (exact) mass is 293 g/mol. The normalized spacial score (nSPS) is 10.2. The highest BCUT2D eigenvalue weighted by molar-refractivity contribution is 7.12. The molecule has 1 heterocycles. The Morgan fingerprint density at radius 1 is 1.20 bits per heavy atom. The largest absolute Gasteiger partial charge is 0.504 e. The maximum atomic E-state index is 12.0. The number of carbonyl (C=O) groups is 2. The van der Waals surface area contributed by atoms with Gasteiger partial charge >= 0.3 is 5.97 Å². The molecule has 0 spiro atoms. The minimum absolute atomic E-state index is 0.0406. The third-order valence-electron chi connectivity index (χ3n) is 2.65. The Morgan fingerprint density at radius 2 is 1.90 bits per heavy atom. The van der Waals surface area contributed by atoms with Crippen molar-refractivity contribution in [1.29, 1.82) is 0 Å². The molecule has 1 aromatic carbocycles. The number of amides is 1. The Bertz CT molecular complexity index is 692. The van der Waals surface area contributed by atoms with Crippen molar-refractivity contribution < 1.29 is 24.9 Å². The fourth-order valence-corrected chi connectivity index (χ4v) is 2.45. The molecule has 1 aromatic heterocycles. The van der Waals surface area contributed by atoms with E-state index < -0.39 is 17.6 Å². The molecule has 0 atom stereocenters. The lowest BCUT2D eigenvalue weighted by Crippen LogP contribution is -2.14. The first-order valence-corrected chi connectivity index (χ1v) is 6.43. The van der Waals surface area contributed by atoms with Crippen LogP contribution in [0.15, 0.2) is 23.6 Å². The third kappa shape index (κ3) is 2.57. The smallest absolute Gasteiger partial charge is 0.348 e. The average molecular weight is 293 g/mol. The number of thiophene rings is 1. The SMILES string of the molecule is Cc1csc(C(=O)O)c1NC(=O)c1ccc(O)c(O)c1. The van der Waals surface area contributed by atoms with E-state index in [1.54, 1.807) is 12.3 Å². The van der Waals surface area contributed by atoms with Crippen molar-refractivity contribution >= 4 is 28.9 Å². The second kappa shape index (κ2) is 5.22. The topological polar surface area (TPSA) is 107 Å². The maximum Gasteiger partial charge on any atom is 0.348 e. The number of nitrogens with one attached hydrogen (secondary N) is 1. The predicted octanol–water partition coefficient (Wildman–Crippen LogP) is 2.42. The van der Waals surface area contributed by atoms with E-state index in [0.29, 0.717) is 5.56 Å². The minimum Gasteiger partial charge on any atom is -0.504 e. The summed E-state index contributed by atoms with van der Waals surface area (Å²) in [6, 6.07) is 3.61. The Labute approximate surface area is 117 Å². The summed E-state index contributed by atoms with van der Waals surface area (Å²) in [5.74, 6) is -2.44. The van der Waals surface area contributed by atoms with Gasteiger partial charge in [-0.05, 0) is 36.1 Å². The van der Waals surface area contributed by atoms with E-state index in [0.717, 1.165) is 17.4 Å². The van der Waals surface area contributed by atoms with Gasteiger partial charge in [-0.1, -0.05) is 0 Å². The Balaban J connectivity index is 2.30. The van der Waals surface area contributed by atoms with Crippen LogP contribution < -0.4 is 5.32 Å². The van der Waals surface area contributed by atoms with Crippen LogP contribution >= 0.6 is 11.3 Å². The summed E-state index contributed by atoms with van der Waals surface area (Å²) in [6.45, 7) is 1.69. The quantitative estimate of drug-likeness (QED) is 0.650. The van der Waals surface area contributed by atoms with Crippen LogP contribution in [0.25, 0.3) is 0 Å². The molecule has 4 N–H and O–H groups in total. The van der Waals surface area contributed by atoms with Gasteiger partial charge in [0.2, 0.25) is 0 Å². The van der Waals surface area contributed by atoms with Crippen LogP contribution in [-0.4, -0.2) is 27.2 Å². The number of hydrogen-bond acceptors (Lipinski definition) is 5. The Hall–Kier alpha value is -2.54. The zero-order valence-corrected chi connectivity index (χ0v) is 11.2. The average Bonchev–Trinajstić information content (AvgIpc) is 2.74. The minimum atomic E-state index is -1.12. The van der Waals surface area contributed by atoms with Crippen molar-refractivity contribution in [3.8, 4) is 11.5 Å². The van der Waals surface area contributed by atoms with Gasteiger partial charge in [0.25, 0.3) is 5.91 Å². The number of aromatic hydroxyl groups is 2. The van der Waals surface area contributed by atoms with Gasteiger partial charge in [-0.25, -0.2) is 4.79 Å². The number of phenolic OH excluding ortho intramolecular Hbond substituents is 2. The fraction of sp³-hybridized carbons (Fsp3) is 0.0769. The van der Waals surface area contributed by atoms with Gasteiger partial charge in [0.15, 0.2) is 11.5 Å². The molecule has 0 saturated heterocycles. The van der Waals surface area contributed by atoms with E-state index >= 15 is 0 Å². The lowest BCUT2D eigenvalue weighted by Gasteiger charge is -2.07. The van der Waals surface area contributed by atoms with Gasteiger partial charge in [0.05, 0.1) is 5.69 Å². The van der Waals surface area contributed by atoms with Gasteiger partial charge in [0.1, 0.15) is 4.88 Å². The number of carboxylic acid groups (broad SMARTS) is 1. The zero-order valence-electron chi connectivity index (χ0n) is 10.4. The maximum absolute atomic E-state index is 12.0. The number of carbonyl (C=O) groups excluding carboxylic acids is 1. The molecule has 104 valence electrons. The highest BCUT2D eigenvalue weighted by Crippen LogP contribution is 2.29. The molecule has 0 unspecified atom stereocenters. The second-order valence-corrected chi connectivity index (χ2v) is 4.97. The highest BCUT2D eigenvalue weighted by atomic mass is 32.1. The molecular weight excluding hydrogens is 282 g/mol. The Morgan fingerprint density at radius 3 is 2.50 bits per heavy atom. The van der Waals surface area contributed by atoms with Crippen LogP contribution in [0.1, 0.15) is 25.6 Å².